The molecule has 1 aliphatic carbocycles. The van der Waals surface area contributed by atoms with E-state index < -0.39 is 11.9 Å². The number of carbonyl (C=O) groups is 3. The molecule has 3 unspecified atom stereocenters. The third-order valence-corrected chi connectivity index (χ3v) is 5.79. The molecule has 0 radical (unpaired) electrons. The maximum Gasteiger partial charge on any atom is 0.248 e. The second-order valence-corrected chi connectivity index (χ2v) is 8.56. The number of nitrogens with two attached hydrogens (primary N) is 2. The molecular weight excluding hydrogens is 405 g/mol. The van der Waals surface area contributed by atoms with Crippen molar-refractivity contribution in [3.8, 4) is 0 Å². The molecule has 0 aromatic heterocycles. The fourth-order valence-corrected chi connectivity index (χ4v) is 3.83. The van der Waals surface area contributed by atoms with Crippen molar-refractivity contribution >= 4 is 46.9 Å². The zero-order valence-corrected chi connectivity index (χ0v) is 17.9. The molecule has 1 aliphatic rings. The third kappa shape index (κ3) is 8.75. The zero-order chi connectivity index (χ0) is 21.3. The highest BCUT2D eigenvalue weighted by Crippen LogP contribution is 2.34. The summed E-state index contributed by atoms with van der Waals surface area (Å²) in [5.74, 6) is -1.46. The highest BCUT2D eigenvalue weighted by molar-refractivity contribution is 6.24. The number of halogens is 2. The van der Waals surface area contributed by atoms with Crippen molar-refractivity contribution in [1.82, 2.24) is 10.6 Å². The molecule has 160 valence electrons. The van der Waals surface area contributed by atoms with Gasteiger partial charge in [0.25, 0.3) is 0 Å². The van der Waals surface area contributed by atoms with Crippen LogP contribution in [0.1, 0.15) is 52.4 Å². The number of amides is 3. The molecule has 1 rings (SSSR count). The van der Waals surface area contributed by atoms with Crippen LogP contribution in [0.25, 0.3) is 0 Å². The first kappa shape index (κ1) is 24.7. The Morgan fingerprint density at radius 2 is 1.79 bits per heavy atom. The summed E-state index contributed by atoms with van der Waals surface area (Å²) in [6, 6.07) is -0.580. The van der Waals surface area contributed by atoms with Gasteiger partial charge in [-0.05, 0) is 25.2 Å². The van der Waals surface area contributed by atoms with Crippen LogP contribution in [-0.4, -0.2) is 47.0 Å². The van der Waals surface area contributed by atoms with E-state index in [1.807, 2.05) is 13.8 Å². The highest BCUT2D eigenvalue weighted by atomic mass is 35.5. The topological polar surface area (TPSA) is 140 Å². The smallest absolute Gasteiger partial charge is 0.248 e. The Bertz CT molecular complexity index is 576. The second-order valence-electron chi connectivity index (χ2n) is 7.43. The normalized spacial score (nSPS) is 23.9. The van der Waals surface area contributed by atoms with E-state index in [-0.39, 0.29) is 53.2 Å². The summed E-state index contributed by atoms with van der Waals surface area (Å²) in [6.07, 6.45) is 3.21. The molecule has 3 atom stereocenters. The second kappa shape index (κ2) is 12.2. The average Bonchev–Trinajstić information content (AvgIpc) is 2.60. The molecule has 0 saturated heterocycles. The number of carbonyl (C=O) groups excluding carboxylic acids is 3. The van der Waals surface area contributed by atoms with Gasteiger partial charge in [0, 0.05) is 36.1 Å². The maximum absolute atomic E-state index is 12.1. The largest absolute Gasteiger partial charge is 0.369 e. The van der Waals surface area contributed by atoms with Crippen molar-refractivity contribution in [2.24, 2.45) is 28.3 Å². The first-order valence-corrected chi connectivity index (χ1v) is 10.5. The lowest BCUT2D eigenvalue weighted by molar-refractivity contribution is -0.124. The lowest BCUT2D eigenvalue weighted by Crippen LogP contribution is -2.44. The van der Waals surface area contributed by atoms with Crippen LogP contribution in [0, 0.1) is 11.8 Å². The number of aliphatic imine (C=N–C) groups is 1. The molecule has 10 heteroatoms. The van der Waals surface area contributed by atoms with E-state index >= 15 is 0 Å². The van der Waals surface area contributed by atoms with Crippen LogP contribution < -0.4 is 22.1 Å². The van der Waals surface area contributed by atoms with Gasteiger partial charge < -0.3 is 16.8 Å². The van der Waals surface area contributed by atoms with Crippen LogP contribution in [0.15, 0.2) is 4.99 Å². The van der Waals surface area contributed by atoms with E-state index in [4.69, 9.17) is 34.7 Å². The molecule has 0 spiro atoms. The van der Waals surface area contributed by atoms with Crippen molar-refractivity contribution < 1.29 is 14.4 Å². The fraction of sp³-hybridized carbons (Fsp3) is 0.778. The molecule has 6 N–H and O–H groups in total. The van der Waals surface area contributed by atoms with Crippen LogP contribution in [0.5, 0.6) is 0 Å². The van der Waals surface area contributed by atoms with Gasteiger partial charge >= 0.3 is 0 Å². The number of hydrogen-bond donors (Lipinski definition) is 4. The van der Waals surface area contributed by atoms with Gasteiger partial charge in [0.2, 0.25) is 23.7 Å². The van der Waals surface area contributed by atoms with Crippen LogP contribution in [0.2, 0.25) is 0 Å². The van der Waals surface area contributed by atoms with E-state index in [0.717, 1.165) is 19.3 Å². The van der Waals surface area contributed by atoms with Crippen molar-refractivity contribution in [3.05, 3.63) is 0 Å². The van der Waals surface area contributed by atoms with Crippen molar-refractivity contribution in [3.63, 3.8) is 0 Å². The SMILES string of the molecule is CC(C)C(N)C(=O)NCCCC(=O)N=C(N)NC(=O)CC1C(Cl)CCCC1Cl. The molecule has 8 nitrogen and oxygen atoms in total. The number of guanidine groups is 1. The average molecular weight is 436 g/mol. The minimum atomic E-state index is -0.580. The molecule has 0 aliphatic heterocycles. The van der Waals surface area contributed by atoms with Gasteiger partial charge in [-0.3, -0.25) is 19.7 Å². The first-order chi connectivity index (χ1) is 13.1. The summed E-state index contributed by atoms with van der Waals surface area (Å²) in [5, 5.41) is 4.76. The summed E-state index contributed by atoms with van der Waals surface area (Å²) in [4.78, 5) is 39.3. The molecule has 3 amide bonds. The first-order valence-electron chi connectivity index (χ1n) is 9.60. The molecule has 1 saturated carbocycles. The van der Waals surface area contributed by atoms with E-state index in [1.165, 1.54) is 0 Å². The predicted molar refractivity (Wildman–Crippen MR) is 111 cm³/mol. The van der Waals surface area contributed by atoms with E-state index in [0.29, 0.717) is 13.0 Å². The summed E-state index contributed by atoms with van der Waals surface area (Å²) in [6.45, 7) is 4.02. The van der Waals surface area contributed by atoms with Crippen LogP contribution in [-0.2, 0) is 14.4 Å². The molecule has 28 heavy (non-hydrogen) atoms. The van der Waals surface area contributed by atoms with Crippen LogP contribution in [0.4, 0.5) is 0 Å². The number of hydrogen-bond acceptors (Lipinski definition) is 4. The molecule has 0 aromatic carbocycles. The Morgan fingerprint density at radius 3 is 2.36 bits per heavy atom. The van der Waals surface area contributed by atoms with Crippen molar-refractivity contribution in [1.29, 1.82) is 0 Å². The van der Waals surface area contributed by atoms with Gasteiger partial charge in [-0.1, -0.05) is 20.3 Å². The van der Waals surface area contributed by atoms with Crippen LogP contribution in [0.3, 0.4) is 0 Å². The van der Waals surface area contributed by atoms with E-state index in [2.05, 4.69) is 15.6 Å². The Morgan fingerprint density at radius 1 is 1.18 bits per heavy atom. The standard InChI is InChI=1S/C18H31Cl2N5O3/c1-10(2)16(21)17(28)23-8-4-7-14(26)24-18(22)25-15(27)9-11-12(19)5-3-6-13(11)20/h10-13,16H,3-9,21H2,1-2H3,(H,23,28)(H3,22,24,25,26,27). The fourth-order valence-electron chi connectivity index (χ4n) is 2.92. The zero-order valence-electron chi connectivity index (χ0n) is 16.4. The number of alkyl halides is 2. The minimum Gasteiger partial charge on any atom is -0.369 e. The van der Waals surface area contributed by atoms with Gasteiger partial charge in [-0.25, -0.2) is 0 Å². The molecule has 0 heterocycles. The summed E-state index contributed by atoms with van der Waals surface area (Å²) >= 11 is 12.5. The Hall–Kier alpha value is -1.38. The van der Waals surface area contributed by atoms with Crippen molar-refractivity contribution in [2.75, 3.05) is 6.54 Å². The van der Waals surface area contributed by atoms with Gasteiger partial charge in [-0.2, -0.15) is 4.99 Å². The Labute approximate surface area is 176 Å². The molecule has 0 aromatic rings. The summed E-state index contributed by atoms with van der Waals surface area (Å²) in [5.41, 5.74) is 11.3. The number of rotatable bonds is 8. The maximum atomic E-state index is 12.1. The quantitative estimate of drug-likeness (QED) is 0.196. The van der Waals surface area contributed by atoms with Gasteiger partial charge in [0.15, 0.2) is 0 Å². The molecule has 0 bridgehead atoms. The highest BCUT2D eigenvalue weighted by Gasteiger charge is 2.32. The molecular formula is C18H31Cl2N5O3. The summed E-state index contributed by atoms with van der Waals surface area (Å²) < 4.78 is 0. The molecule has 1 fully saturated rings. The predicted octanol–water partition coefficient (Wildman–Crippen LogP) is 1.23. The lowest BCUT2D eigenvalue weighted by atomic mass is 9.86. The third-order valence-electron chi connectivity index (χ3n) is 4.71. The lowest BCUT2D eigenvalue weighted by Gasteiger charge is -2.30. The minimum absolute atomic E-state index is 0.0337. The number of nitrogens with zero attached hydrogens (tertiary/aromatic N) is 1. The summed E-state index contributed by atoms with van der Waals surface area (Å²) in [7, 11) is 0. The Balaban J connectivity index is 2.33. The van der Waals surface area contributed by atoms with Crippen LogP contribution >= 0.6 is 23.2 Å². The number of nitrogens with one attached hydrogen (secondary N) is 2. The Kier molecular flexibility index (Phi) is 10.8. The van der Waals surface area contributed by atoms with Gasteiger partial charge in [0.05, 0.1) is 6.04 Å². The van der Waals surface area contributed by atoms with E-state index in [1.54, 1.807) is 0 Å². The van der Waals surface area contributed by atoms with Gasteiger partial charge in [-0.15, -0.1) is 23.2 Å². The van der Waals surface area contributed by atoms with Gasteiger partial charge in [0.1, 0.15) is 0 Å². The van der Waals surface area contributed by atoms with E-state index in [9.17, 15) is 14.4 Å². The van der Waals surface area contributed by atoms with Crippen molar-refractivity contribution in [2.45, 2.75) is 69.2 Å². The monoisotopic (exact) mass is 435 g/mol.